The lowest BCUT2D eigenvalue weighted by molar-refractivity contribution is -0.149. The van der Waals surface area contributed by atoms with E-state index < -0.39 is 0 Å². The van der Waals surface area contributed by atoms with E-state index in [9.17, 15) is 4.79 Å². The Kier molecular flexibility index (Phi) is 4.54. The van der Waals surface area contributed by atoms with Gasteiger partial charge in [0.1, 0.15) is 6.04 Å². The van der Waals surface area contributed by atoms with E-state index >= 15 is 0 Å². The van der Waals surface area contributed by atoms with Crippen molar-refractivity contribution in [2.45, 2.75) is 45.4 Å². The van der Waals surface area contributed by atoms with E-state index in [1.807, 2.05) is 6.92 Å². The minimum atomic E-state index is -0.130. The number of nitrogens with zero attached hydrogens (tertiary/aromatic N) is 1. The molecule has 1 saturated heterocycles. The van der Waals surface area contributed by atoms with Crippen LogP contribution in [-0.4, -0.2) is 49.3 Å². The van der Waals surface area contributed by atoms with Crippen LogP contribution in [0.1, 0.15) is 27.2 Å². The second-order valence-electron chi connectivity index (χ2n) is 4.15. The molecule has 0 amide bonds. The molecule has 0 aliphatic carbocycles. The highest BCUT2D eigenvalue weighted by Gasteiger charge is 2.38. The summed E-state index contributed by atoms with van der Waals surface area (Å²) in [6.07, 6.45) is 0.898. The molecule has 0 spiro atoms. The zero-order chi connectivity index (χ0) is 11.4. The highest BCUT2D eigenvalue weighted by molar-refractivity contribution is 5.76. The highest BCUT2D eigenvalue weighted by atomic mass is 16.5. The molecule has 1 heterocycles. The van der Waals surface area contributed by atoms with Gasteiger partial charge in [0, 0.05) is 26.1 Å². The maximum Gasteiger partial charge on any atom is 0.323 e. The number of ether oxygens (including phenoxy) is 2. The van der Waals surface area contributed by atoms with Crippen molar-refractivity contribution >= 4 is 5.97 Å². The van der Waals surface area contributed by atoms with Gasteiger partial charge in [-0.1, -0.05) is 0 Å². The van der Waals surface area contributed by atoms with Gasteiger partial charge in [0.05, 0.1) is 12.7 Å². The molecule has 2 unspecified atom stereocenters. The summed E-state index contributed by atoms with van der Waals surface area (Å²) >= 11 is 0. The standard InChI is InChI=1S/C11H21NO3/c1-5-15-11(13)10-6-9(14-4)7-12(10)8(2)3/h8-10H,5-7H2,1-4H3. The summed E-state index contributed by atoms with van der Waals surface area (Å²) in [4.78, 5) is 13.8. The van der Waals surface area contributed by atoms with Crippen LogP contribution in [0.4, 0.5) is 0 Å². The van der Waals surface area contributed by atoms with E-state index in [1.54, 1.807) is 7.11 Å². The van der Waals surface area contributed by atoms with Crippen LogP contribution in [0.25, 0.3) is 0 Å². The molecular formula is C11H21NO3. The Labute approximate surface area is 91.5 Å². The highest BCUT2D eigenvalue weighted by Crippen LogP contribution is 2.23. The van der Waals surface area contributed by atoms with Crippen LogP contribution in [0, 0.1) is 0 Å². The molecule has 0 aromatic rings. The molecule has 0 saturated carbocycles. The topological polar surface area (TPSA) is 38.8 Å². The molecule has 1 fully saturated rings. The Morgan fingerprint density at radius 2 is 2.20 bits per heavy atom. The molecule has 4 heteroatoms. The Morgan fingerprint density at radius 1 is 1.53 bits per heavy atom. The zero-order valence-corrected chi connectivity index (χ0v) is 10.0. The monoisotopic (exact) mass is 215 g/mol. The first-order valence-corrected chi connectivity index (χ1v) is 5.55. The average molecular weight is 215 g/mol. The molecule has 1 aliphatic rings. The van der Waals surface area contributed by atoms with Gasteiger partial charge in [-0.3, -0.25) is 9.69 Å². The number of carbonyl (C=O) groups excluding carboxylic acids is 1. The van der Waals surface area contributed by atoms with Gasteiger partial charge in [-0.25, -0.2) is 0 Å². The maximum atomic E-state index is 11.7. The largest absolute Gasteiger partial charge is 0.465 e. The Morgan fingerprint density at radius 3 is 2.67 bits per heavy atom. The summed E-state index contributed by atoms with van der Waals surface area (Å²) in [6, 6.07) is 0.217. The van der Waals surface area contributed by atoms with Crippen molar-refractivity contribution in [2.24, 2.45) is 0 Å². The number of rotatable bonds is 4. The minimum Gasteiger partial charge on any atom is -0.465 e. The zero-order valence-electron chi connectivity index (χ0n) is 10.0. The summed E-state index contributed by atoms with van der Waals surface area (Å²) in [5.74, 6) is -0.120. The summed E-state index contributed by atoms with van der Waals surface area (Å²) in [6.45, 7) is 7.27. The Hall–Kier alpha value is -0.610. The third kappa shape index (κ3) is 2.92. The first kappa shape index (κ1) is 12.5. The summed E-state index contributed by atoms with van der Waals surface area (Å²) in [5.41, 5.74) is 0. The van der Waals surface area contributed by atoms with Gasteiger partial charge < -0.3 is 9.47 Å². The van der Waals surface area contributed by atoms with Crippen molar-refractivity contribution in [1.82, 2.24) is 4.90 Å². The predicted molar refractivity (Wildman–Crippen MR) is 57.7 cm³/mol. The van der Waals surface area contributed by atoms with Gasteiger partial charge in [0.25, 0.3) is 0 Å². The second-order valence-corrected chi connectivity index (χ2v) is 4.15. The van der Waals surface area contributed by atoms with Crippen molar-refractivity contribution in [3.8, 4) is 0 Å². The van der Waals surface area contributed by atoms with Crippen LogP contribution in [0.3, 0.4) is 0 Å². The van der Waals surface area contributed by atoms with Crippen molar-refractivity contribution in [3.63, 3.8) is 0 Å². The minimum absolute atomic E-state index is 0.120. The molecule has 15 heavy (non-hydrogen) atoms. The molecule has 0 radical (unpaired) electrons. The smallest absolute Gasteiger partial charge is 0.323 e. The maximum absolute atomic E-state index is 11.7. The molecule has 0 bridgehead atoms. The molecule has 88 valence electrons. The van der Waals surface area contributed by atoms with Gasteiger partial charge in [-0.2, -0.15) is 0 Å². The molecule has 4 nitrogen and oxygen atoms in total. The van der Waals surface area contributed by atoms with Crippen molar-refractivity contribution in [3.05, 3.63) is 0 Å². The van der Waals surface area contributed by atoms with Gasteiger partial charge in [-0.05, 0) is 20.8 Å². The van der Waals surface area contributed by atoms with Gasteiger partial charge in [0.2, 0.25) is 0 Å². The van der Waals surface area contributed by atoms with E-state index in [2.05, 4.69) is 18.7 Å². The van der Waals surface area contributed by atoms with Gasteiger partial charge in [0.15, 0.2) is 0 Å². The van der Waals surface area contributed by atoms with Crippen LogP contribution in [0.15, 0.2) is 0 Å². The average Bonchev–Trinajstić information content (AvgIpc) is 2.61. The van der Waals surface area contributed by atoms with Crippen LogP contribution in [0.2, 0.25) is 0 Å². The SMILES string of the molecule is CCOC(=O)C1CC(OC)CN1C(C)C. The number of methoxy groups -OCH3 is 1. The van der Waals surface area contributed by atoms with E-state index in [-0.39, 0.29) is 18.1 Å². The van der Waals surface area contributed by atoms with Crippen molar-refractivity contribution in [2.75, 3.05) is 20.3 Å². The number of likely N-dealkylation sites (tertiary alicyclic amines) is 1. The third-order valence-electron chi connectivity index (χ3n) is 2.86. The lowest BCUT2D eigenvalue weighted by atomic mass is 10.2. The predicted octanol–water partition coefficient (Wildman–Crippen LogP) is 1.05. The fraction of sp³-hybridized carbons (Fsp3) is 0.909. The summed E-state index contributed by atoms with van der Waals surface area (Å²) in [7, 11) is 1.69. The van der Waals surface area contributed by atoms with Gasteiger partial charge in [-0.15, -0.1) is 0 Å². The Bertz CT molecular complexity index is 218. The second kappa shape index (κ2) is 5.47. The van der Waals surface area contributed by atoms with Gasteiger partial charge >= 0.3 is 5.97 Å². The molecule has 1 rings (SSSR count). The molecule has 2 atom stereocenters. The normalized spacial score (nSPS) is 27.3. The molecule has 0 aromatic heterocycles. The first-order valence-electron chi connectivity index (χ1n) is 5.55. The summed E-state index contributed by atoms with van der Waals surface area (Å²) in [5, 5.41) is 0. The molecule has 0 aromatic carbocycles. The number of hydrogen-bond donors (Lipinski definition) is 0. The van der Waals surface area contributed by atoms with E-state index in [1.165, 1.54) is 0 Å². The molecule has 0 N–H and O–H groups in total. The van der Waals surface area contributed by atoms with Crippen LogP contribution >= 0.6 is 0 Å². The van der Waals surface area contributed by atoms with E-state index in [4.69, 9.17) is 9.47 Å². The van der Waals surface area contributed by atoms with E-state index in [0.717, 1.165) is 13.0 Å². The fourth-order valence-electron chi connectivity index (χ4n) is 2.03. The van der Waals surface area contributed by atoms with E-state index in [0.29, 0.717) is 12.6 Å². The lowest BCUT2D eigenvalue weighted by Gasteiger charge is -2.26. The van der Waals surface area contributed by atoms with Crippen LogP contribution in [0.5, 0.6) is 0 Å². The molecular weight excluding hydrogens is 194 g/mol. The molecule has 1 aliphatic heterocycles. The fourth-order valence-corrected chi connectivity index (χ4v) is 2.03. The number of hydrogen-bond acceptors (Lipinski definition) is 4. The summed E-state index contributed by atoms with van der Waals surface area (Å²) < 4.78 is 10.4. The van der Waals surface area contributed by atoms with Crippen molar-refractivity contribution < 1.29 is 14.3 Å². The third-order valence-corrected chi connectivity index (χ3v) is 2.86. The van der Waals surface area contributed by atoms with Crippen molar-refractivity contribution in [1.29, 1.82) is 0 Å². The quantitative estimate of drug-likeness (QED) is 0.657. The first-order chi connectivity index (χ1) is 7.10. The lowest BCUT2D eigenvalue weighted by Crippen LogP contribution is -2.41. The van der Waals surface area contributed by atoms with Crippen LogP contribution in [-0.2, 0) is 14.3 Å². The Balaban J connectivity index is 2.63. The number of carbonyl (C=O) groups is 1. The van der Waals surface area contributed by atoms with Crippen LogP contribution < -0.4 is 0 Å². The number of esters is 1.